The number of nitrogens with one attached hydrogen (secondary N) is 1. The molecule has 2 aromatic carbocycles. The van der Waals surface area contributed by atoms with Gasteiger partial charge in [0.25, 0.3) is 0 Å². The highest BCUT2D eigenvalue weighted by molar-refractivity contribution is 5.98. The number of hydrogen-bond donors (Lipinski definition) is 2. The fourth-order valence-corrected chi connectivity index (χ4v) is 3.41. The zero-order valence-corrected chi connectivity index (χ0v) is 18.3. The van der Waals surface area contributed by atoms with E-state index >= 15 is 0 Å². The van der Waals surface area contributed by atoms with Crippen LogP contribution in [0.1, 0.15) is 46.9 Å². The maximum atomic E-state index is 13.1. The number of methoxy groups -OCH3 is 1. The van der Waals surface area contributed by atoms with Crippen molar-refractivity contribution in [2.24, 2.45) is 0 Å². The molecule has 0 fully saturated rings. The van der Waals surface area contributed by atoms with E-state index in [0.29, 0.717) is 5.06 Å². The molecule has 0 heterocycles. The largest absolute Gasteiger partial charge is 0.465 e. The Balaban J connectivity index is 2.66. The molecule has 0 aliphatic heterocycles. The number of likely N-dealkylation sites (N-methyl/N-ethyl adjacent to an activating group) is 1. The lowest BCUT2D eigenvalue weighted by atomic mass is 9.90. The highest BCUT2D eigenvalue weighted by Gasteiger charge is 2.32. The zero-order chi connectivity index (χ0) is 24.9. The molecule has 0 saturated heterocycles. The van der Waals surface area contributed by atoms with Gasteiger partial charge in [-0.25, -0.2) is 4.79 Å². The van der Waals surface area contributed by atoms with Crippen LogP contribution in [-0.2, 0) is 15.7 Å². The number of esters is 1. The third-order valence-electron chi connectivity index (χ3n) is 4.83. The smallest absolute Gasteiger partial charge is 0.416 e. The van der Waals surface area contributed by atoms with Gasteiger partial charge in [0.05, 0.1) is 35.9 Å². The minimum Gasteiger partial charge on any atom is -0.465 e. The van der Waals surface area contributed by atoms with Crippen molar-refractivity contribution in [3.8, 4) is 6.07 Å². The van der Waals surface area contributed by atoms with Crippen molar-refractivity contribution in [2.75, 3.05) is 19.5 Å². The van der Waals surface area contributed by atoms with Crippen LogP contribution in [0.15, 0.2) is 53.7 Å². The van der Waals surface area contributed by atoms with E-state index in [-0.39, 0.29) is 33.6 Å². The highest BCUT2D eigenvalue weighted by Crippen LogP contribution is 2.34. The van der Waals surface area contributed by atoms with Gasteiger partial charge >= 0.3 is 12.1 Å². The van der Waals surface area contributed by atoms with Crippen LogP contribution in [0.4, 0.5) is 18.9 Å². The lowest BCUT2D eigenvalue weighted by molar-refractivity contribution is -0.137. The average molecular weight is 461 g/mol. The molecule has 0 spiro atoms. The van der Waals surface area contributed by atoms with E-state index in [9.17, 15) is 28.0 Å². The minimum atomic E-state index is -4.55. The second kappa shape index (κ2) is 10.3. The molecule has 33 heavy (non-hydrogen) atoms. The number of Topliss-reactive ketones (excluding diaryl/α,β-unsaturated/α-hetero) is 1. The van der Waals surface area contributed by atoms with Crippen molar-refractivity contribution < 1.29 is 32.7 Å². The van der Waals surface area contributed by atoms with Gasteiger partial charge in [-0.05, 0) is 49.7 Å². The van der Waals surface area contributed by atoms with Gasteiger partial charge in [0, 0.05) is 24.0 Å². The molecule has 2 aromatic rings. The number of nitrogens with zero attached hydrogens (tertiary/aromatic N) is 2. The molecule has 0 amide bonds. The fraction of sp³-hybridized carbons (Fsp3) is 0.261. The van der Waals surface area contributed by atoms with Crippen molar-refractivity contribution in [3.05, 3.63) is 76.0 Å². The second-order valence-corrected chi connectivity index (χ2v) is 7.18. The first-order valence-corrected chi connectivity index (χ1v) is 9.60. The van der Waals surface area contributed by atoms with Gasteiger partial charge in [0.15, 0.2) is 5.78 Å². The van der Waals surface area contributed by atoms with E-state index in [2.05, 4.69) is 5.32 Å². The summed E-state index contributed by atoms with van der Waals surface area (Å²) in [5.74, 6) is -1.29. The van der Waals surface area contributed by atoms with Crippen LogP contribution in [0.2, 0.25) is 0 Å². The molecular formula is C23H22F3N3O4. The molecule has 7 nitrogen and oxygen atoms in total. The molecule has 2 rings (SSSR count). The minimum absolute atomic E-state index is 0.00716. The van der Waals surface area contributed by atoms with E-state index < -0.39 is 29.5 Å². The molecule has 0 aliphatic rings. The quantitative estimate of drug-likeness (QED) is 0.350. The maximum absolute atomic E-state index is 13.1. The van der Waals surface area contributed by atoms with Crippen LogP contribution >= 0.6 is 0 Å². The first-order chi connectivity index (χ1) is 15.4. The first-order valence-electron chi connectivity index (χ1n) is 9.60. The highest BCUT2D eigenvalue weighted by atomic mass is 19.4. The number of carbonyl (C=O) groups excluding carboxylic acids is 2. The molecule has 2 N–H and O–H groups in total. The van der Waals surface area contributed by atoms with E-state index in [0.717, 1.165) is 19.2 Å². The number of hydrogen-bond acceptors (Lipinski definition) is 7. The average Bonchev–Trinajstić information content (AvgIpc) is 2.75. The molecule has 0 saturated carbocycles. The summed E-state index contributed by atoms with van der Waals surface area (Å²) in [4.78, 5) is 25.0. The third-order valence-corrected chi connectivity index (χ3v) is 4.83. The summed E-state index contributed by atoms with van der Waals surface area (Å²) < 4.78 is 44.0. The number of ketones is 1. The summed E-state index contributed by atoms with van der Waals surface area (Å²) in [6.07, 6.45) is -4.55. The topological polar surface area (TPSA) is 103 Å². The number of alkyl halides is 3. The number of rotatable bonds is 7. The van der Waals surface area contributed by atoms with Crippen LogP contribution in [0, 0.1) is 11.3 Å². The zero-order valence-electron chi connectivity index (χ0n) is 18.3. The number of hydroxylamine groups is 2. The molecule has 0 bridgehead atoms. The third kappa shape index (κ3) is 5.97. The molecule has 0 aliphatic carbocycles. The molecule has 10 heteroatoms. The standard InChI is InChI=1S/C23H22F3N3O4/c1-13(28-17-7-5-6-16(11-17)23(24,25)26)20(14(2)30)21(29(3)32)18-9-8-15(12-27)10-19(18)22(31)33-4/h5-11,21,28,32H,1-4H3/b20-13-. The van der Waals surface area contributed by atoms with Gasteiger partial charge in [-0.2, -0.15) is 23.5 Å². The lowest BCUT2D eigenvalue weighted by Gasteiger charge is -2.28. The number of halogens is 3. The number of allylic oxidation sites excluding steroid dienone is 1. The molecule has 1 unspecified atom stereocenters. The normalized spacial score (nSPS) is 13.1. The van der Waals surface area contributed by atoms with Crippen molar-refractivity contribution in [1.82, 2.24) is 5.06 Å². The molecule has 1 atom stereocenters. The number of nitriles is 1. The SMILES string of the molecule is COC(=O)c1cc(C#N)ccc1C(/C(C(C)=O)=C(/C)Nc1cccc(C(F)(F)F)c1)N(C)O. The van der Waals surface area contributed by atoms with Gasteiger partial charge in [-0.1, -0.05) is 12.1 Å². The summed E-state index contributed by atoms with van der Waals surface area (Å²) in [5.41, 5.74) is -0.367. The maximum Gasteiger partial charge on any atom is 0.416 e. The van der Waals surface area contributed by atoms with Gasteiger partial charge in [-0.15, -0.1) is 0 Å². The van der Waals surface area contributed by atoms with Gasteiger partial charge in [0.1, 0.15) is 0 Å². The van der Waals surface area contributed by atoms with Crippen LogP contribution in [-0.4, -0.2) is 36.2 Å². The Morgan fingerprint density at radius 3 is 2.36 bits per heavy atom. The van der Waals surface area contributed by atoms with Gasteiger partial charge in [0.2, 0.25) is 0 Å². The van der Waals surface area contributed by atoms with Crippen LogP contribution in [0.5, 0.6) is 0 Å². The van der Waals surface area contributed by atoms with E-state index in [1.807, 2.05) is 6.07 Å². The summed E-state index contributed by atoms with van der Waals surface area (Å²) in [6, 6.07) is 9.21. The Bertz CT molecular complexity index is 1130. The number of anilines is 1. The van der Waals surface area contributed by atoms with Crippen LogP contribution < -0.4 is 5.32 Å². The van der Waals surface area contributed by atoms with Crippen molar-refractivity contribution in [1.29, 1.82) is 5.26 Å². The predicted octanol–water partition coefficient (Wildman–Crippen LogP) is 4.70. The Kier molecular flexibility index (Phi) is 7.98. The fourth-order valence-electron chi connectivity index (χ4n) is 3.41. The van der Waals surface area contributed by atoms with E-state index in [1.165, 1.54) is 51.2 Å². The van der Waals surface area contributed by atoms with Crippen molar-refractivity contribution >= 4 is 17.4 Å². The van der Waals surface area contributed by atoms with Gasteiger partial charge in [-0.3, -0.25) is 4.79 Å². The molecular weight excluding hydrogens is 439 g/mol. The Morgan fingerprint density at radius 1 is 1.18 bits per heavy atom. The number of ether oxygens (including phenoxy) is 1. The van der Waals surface area contributed by atoms with Crippen LogP contribution in [0.3, 0.4) is 0 Å². The summed E-state index contributed by atoms with van der Waals surface area (Å²) in [6.45, 7) is 2.69. The van der Waals surface area contributed by atoms with E-state index in [4.69, 9.17) is 10.00 Å². The first kappa shape index (κ1) is 25.6. The number of benzene rings is 2. The Morgan fingerprint density at radius 2 is 1.85 bits per heavy atom. The molecule has 0 aromatic heterocycles. The lowest BCUT2D eigenvalue weighted by Crippen LogP contribution is -2.29. The Hall–Kier alpha value is -3.68. The van der Waals surface area contributed by atoms with Crippen LogP contribution in [0.25, 0.3) is 0 Å². The monoisotopic (exact) mass is 461 g/mol. The van der Waals surface area contributed by atoms with Gasteiger partial charge < -0.3 is 15.3 Å². The van der Waals surface area contributed by atoms with E-state index in [1.54, 1.807) is 0 Å². The second-order valence-electron chi connectivity index (χ2n) is 7.18. The summed E-state index contributed by atoms with van der Waals surface area (Å²) >= 11 is 0. The number of carbonyl (C=O) groups is 2. The molecule has 174 valence electrons. The van der Waals surface area contributed by atoms with Crippen molar-refractivity contribution in [2.45, 2.75) is 26.1 Å². The molecule has 0 radical (unpaired) electrons. The Labute approximate surface area is 188 Å². The predicted molar refractivity (Wildman–Crippen MR) is 113 cm³/mol. The van der Waals surface area contributed by atoms with Crippen molar-refractivity contribution in [3.63, 3.8) is 0 Å². The summed E-state index contributed by atoms with van der Waals surface area (Å²) in [5, 5.41) is 23.1. The summed E-state index contributed by atoms with van der Waals surface area (Å²) in [7, 11) is 2.40.